The average molecular weight is 322 g/mol. The van der Waals surface area contributed by atoms with E-state index >= 15 is 0 Å². The van der Waals surface area contributed by atoms with Gasteiger partial charge in [0, 0.05) is 7.05 Å². The van der Waals surface area contributed by atoms with Crippen molar-refractivity contribution < 1.29 is 8.42 Å². The molecule has 2 aromatic carbocycles. The SMILES string of the molecule is CN(c1ccccc1N)S(=O)(=O)c1ccc(C#N)c(Cl)c1. The van der Waals surface area contributed by atoms with E-state index in [0.717, 1.165) is 4.31 Å². The summed E-state index contributed by atoms with van der Waals surface area (Å²) in [5.74, 6) is 0. The molecule has 0 unspecified atom stereocenters. The molecule has 5 nitrogen and oxygen atoms in total. The summed E-state index contributed by atoms with van der Waals surface area (Å²) < 4.78 is 26.2. The van der Waals surface area contributed by atoms with Crippen molar-refractivity contribution in [2.75, 3.05) is 17.1 Å². The van der Waals surface area contributed by atoms with Crippen molar-refractivity contribution in [1.82, 2.24) is 0 Å². The lowest BCUT2D eigenvalue weighted by atomic mass is 10.2. The Morgan fingerprint density at radius 3 is 2.48 bits per heavy atom. The molecule has 0 radical (unpaired) electrons. The normalized spacial score (nSPS) is 10.9. The van der Waals surface area contributed by atoms with Gasteiger partial charge in [0.15, 0.2) is 0 Å². The number of anilines is 2. The van der Waals surface area contributed by atoms with Crippen molar-refractivity contribution in [3.63, 3.8) is 0 Å². The van der Waals surface area contributed by atoms with Crippen LogP contribution in [0.5, 0.6) is 0 Å². The number of nitrogens with two attached hydrogens (primary N) is 1. The smallest absolute Gasteiger partial charge is 0.264 e. The molecule has 0 bridgehead atoms. The molecule has 0 aliphatic heterocycles. The van der Waals surface area contributed by atoms with Crippen molar-refractivity contribution in [3.8, 4) is 6.07 Å². The van der Waals surface area contributed by atoms with E-state index in [1.165, 1.54) is 25.2 Å². The maximum absolute atomic E-state index is 12.6. The van der Waals surface area contributed by atoms with Gasteiger partial charge in [-0.15, -0.1) is 0 Å². The number of halogens is 1. The van der Waals surface area contributed by atoms with Crippen LogP contribution in [0, 0.1) is 11.3 Å². The van der Waals surface area contributed by atoms with Crippen LogP contribution in [0.4, 0.5) is 11.4 Å². The van der Waals surface area contributed by atoms with E-state index in [2.05, 4.69) is 0 Å². The van der Waals surface area contributed by atoms with Gasteiger partial charge in [-0.3, -0.25) is 4.31 Å². The van der Waals surface area contributed by atoms with Gasteiger partial charge in [0.1, 0.15) is 6.07 Å². The lowest BCUT2D eigenvalue weighted by Gasteiger charge is -2.21. The molecule has 0 aromatic heterocycles. The van der Waals surface area contributed by atoms with Gasteiger partial charge in [-0.25, -0.2) is 8.42 Å². The topological polar surface area (TPSA) is 87.2 Å². The fraction of sp³-hybridized carbons (Fsp3) is 0.0714. The van der Waals surface area contributed by atoms with Crippen LogP contribution < -0.4 is 10.0 Å². The van der Waals surface area contributed by atoms with Crippen molar-refractivity contribution in [2.24, 2.45) is 0 Å². The Morgan fingerprint density at radius 2 is 1.90 bits per heavy atom. The van der Waals surface area contributed by atoms with Crippen LogP contribution in [0.1, 0.15) is 5.56 Å². The van der Waals surface area contributed by atoms with E-state index < -0.39 is 10.0 Å². The molecule has 7 heteroatoms. The number of para-hydroxylation sites is 2. The number of hydrogen-bond acceptors (Lipinski definition) is 4. The summed E-state index contributed by atoms with van der Waals surface area (Å²) >= 11 is 5.89. The zero-order valence-electron chi connectivity index (χ0n) is 11.1. The van der Waals surface area contributed by atoms with Gasteiger partial charge < -0.3 is 5.73 Å². The minimum atomic E-state index is -3.80. The molecule has 0 heterocycles. The maximum Gasteiger partial charge on any atom is 0.264 e. The first-order chi connectivity index (χ1) is 9.87. The molecule has 2 aromatic rings. The number of hydrogen-bond donors (Lipinski definition) is 1. The van der Waals surface area contributed by atoms with E-state index in [4.69, 9.17) is 22.6 Å². The molecule has 2 N–H and O–H groups in total. The van der Waals surface area contributed by atoms with E-state index in [-0.39, 0.29) is 15.5 Å². The number of nitrogens with zero attached hydrogens (tertiary/aromatic N) is 2. The Balaban J connectivity index is 2.50. The standard InChI is InChI=1S/C14H12ClN3O2S/c1-18(14-5-3-2-4-13(14)17)21(19,20)11-7-6-10(9-16)12(15)8-11/h2-8H,17H2,1H3. The Labute approximate surface area is 128 Å². The fourth-order valence-corrected chi connectivity index (χ4v) is 3.34. The second-order valence-electron chi connectivity index (χ2n) is 4.28. The summed E-state index contributed by atoms with van der Waals surface area (Å²) in [5, 5.41) is 8.92. The first-order valence-corrected chi connectivity index (χ1v) is 7.73. The van der Waals surface area contributed by atoms with Crippen LogP contribution >= 0.6 is 11.6 Å². The highest BCUT2D eigenvalue weighted by atomic mass is 35.5. The fourth-order valence-electron chi connectivity index (χ4n) is 1.81. The molecule has 108 valence electrons. The van der Waals surface area contributed by atoms with Crippen LogP contribution in [-0.4, -0.2) is 15.5 Å². The van der Waals surface area contributed by atoms with Crippen molar-refractivity contribution in [2.45, 2.75) is 4.90 Å². The van der Waals surface area contributed by atoms with Crippen LogP contribution in [0.25, 0.3) is 0 Å². The summed E-state index contributed by atoms with van der Waals surface area (Å²) in [6.45, 7) is 0. The average Bonchev–Trinajstić information content (AvgIpc) is 2.47. The zero-order chi connectivity index (χ0) is 15.6. The van der Waals surface area contributed by atoms with Gasteiger partial charge in [-0.2, -0.15) is 5.26 Å². The Hall–Kier alpha value is -2.23. The molecule has 0 fully saturated rings. The molecule has 0 amide bonds. The van der Waals surface area contributed by atoms with Gasteiger partial charge in [-0.05, 0) is 30.3 Å². The van der Waals surface area contributed by atoms with E-state index in [1.807, 2.05) is 6.07 Å². The van der Waals surface area contributed by atoms with Crippen molar-refractivity contribution in [3.05, 3.63) is 53.1 Å². The number of benzene rings is 2. The predicted octanol–water partition coefficient (Wildman–Crippen LogP) is 2.62. The number of nitrogen functional groups attached to an aromatic ring is 1. The van der Waals surface area contributed by atoms with Crippen molar-refractivity contribution in [1.29, 1.82) is 5.26 Å². The first kappa shape index (κ1) is 15.2. The van der Waals surface area contributed by atoms with E-state index in [1.54, 1.807) is 24.3 Å². The molecular formula is C14H12ClN3O2S. The third-order valence-electron chi connectivity index (χ3n) is 3.00. The summed E-state index contributed by atoms with van der Waals surface area (Å²) in [7, 11) is -2.39. The monoisotopic (exact) mass is 321 g/mol. The molecule has 0 aliphatic rings. The number of sulfonamides is 1. The molecule has 0 atom stereocenters. The highest BCUT2D eigenvalue weighted by molar-refractivity contribution is 7.92. The Bertz CT molecular complexity index is 828. The molecule has 21 heavy (non-hydrogen) atoms. The zero-order valence-corrected chi connectivity index (χ0v) is 12.7. The molecule has 0 saturated carbocycles. The van der Waals surface area contributed by atoms with E-state index in [0.29, 0.717) is 11.4 Å². The van der Waals surface area contributed by atoms with E-state index in [9.17, 15) is 8.42 Å². The molecule has 0 saturated heterocycles. The predicted molar refractivity (Wildman–Crippen MR) is 82.6 cm³/mol. The second kappa shape index (κ2) is 5.64. The summed E-state index contributed by atoms with van der Waals surface area (Å²) in [6.07, 6.45) is 0. The molecule has 2 rings (SSSR count). The summed E-state index contributed by atoms with van der Waals surface area (Å²) in [4.78, 5) is -0.00254. The number of nitriles is 1. The minimum Gasteiger partial charge on any atom is -0.397 e. The van der Waals surface area contributed by atoms with Crippen LogP contribution in [0.2, 0.25) is 5.02 Å². The van der Waals surface area contributed by atoms with Crippen LogP contribution in [0.15, 0.2) is 47.4 Å². The molecule has 0 aliphatic carbocycles. The molecule has 0 spiro atoms. The Kier molecular flexibility index (Phi) is 4.07. The second-order valence-corrected chi connectivity index (χ2v) is 6.66. The largest absolute Gasteiger partial charge is 0.397 e. The lowest BCUT2D eigenvalue weighted by molar-refractivity contribution is 0.594. The Morgan fingerprint density at radius 1 is 1.24 bits per heavy atom. The van der Waals surface area contributed by atoms with Crippen LogP contribution in [-0.2, 0) is 10.0 Å². The van der Waals surface area contributed by atoms with Crippen molar-refractivity contribution >= 4 is 33.0 Å². The van der Waals surface area contributed by atoms with Gasteiger partial charge >= 0.3 is 0 Å². The minimum absolute atomic E-state index is 0.00254. The molecular weight excluding hydrogens is 310 g/mol. The summed E-state index contributed by atoms with van der Waals surface area (Å²) in [6, 6.07) is 12.5. The highest BCUT2D eigenvalue weighted by Crippen LogP contribution is 2.28. The third-order valence-corrected chi connectivity index (χ3v) is 5.08. The maximum atomic E-state index is 12.6. The van der Waals surface area contributed by atoms with Gasteiger partial charge in [0.25, 0.3) is 10.0 Å². The third kappa shape index (κ3) is 2.79. The van der Waals surface area contributed by atoms with Gasteiger partial charge in [0.05, 0.1) is 26.9 Å². The lowest BCUT2D eigenvalue weighted by Crippen LogP contribution is -2.27. The first-order valence-electron chi connectivity index (χ1n) is 5.91. The quantitative estimate of drug-likeness (QED) is 0.880. The number of rotatable bonds is 3. The van der Waals surface area contributed by atoms with Gasteiger partial charge in [0.2, 0.25) is 0 Å². The highest BCUT2D eigenvalue weighted by Gasteiger charge is 2.23. The van der Waals surface area contributed by atoms with Crippen LogP contribution in [0.3, 0.4) is 0 Å². The van der Waals surface area contributed by atoms with Gasteiger partial charge in [-0.1, -0.05) is 23.7 Å². The summed E-state index contributed by atoms with van der Waals surface area (Å²) in [5.41, 5.74) is 6.74.